The van der Waals surface area contributed by atoms with Gasteiger partial charge in [-0.25, -0.2) is 9.97 Å². The Morgan fingerprint density at radius 2 is 1.81 bits per heavy atom. The van der Waals surface area contributed by atoms with E-state index in [0.717, 1.165) is 53.7 Å². The van der Waals surface area contributed by atoms with Gasteiger partial charge in [-0.1, -0.05) is 19.3 Å². The molecule has 3 aromatic rings. The van der Waals surface area contributed by atoms with Crippen molar-refractivity contribution in [1.29, 1.82) is 0 Å². The van der Waals surface area contributed by atoms with Gasteiger partial charge in [-0.2, -0.15) is 0 Å². The minimum Gasteiger partial charge on any atom is -0.330 e. The minimum absolute atomic E-state index is 0.0908. The Kier molecular flexibility index (Phi) is 4.41. The summed E-state index contributed by atoms with van der Waals surface area (Å²) in [5, 5.41) is 4.94. The molecule has 1 aliphatic rings. The molecule has 3 aromatic heterocycles. The summed E-state index contributed by atoms with van der Waals surface area (Å²) in [6.07, 6.45) is 10.9. The monoisotopic (exact) mass is 349 g/mol. The first-order valence-electron chi connectivity index (χ1n) is 9.17. The third-order valence-electron chi connectivity index (χ3n) is 5.31. The smallest absolute Gasteiger partial charge is 0.228 e. The van der Waals surface area contributed by atoms with Gasteiger partial charge >= 0.3 is 0 Å². The van der Waals surface area contributed by atoms with Gasteiger partial charge in [0.15, 0.2) is 0 Å². The summed E-state index contributed by atoms with van der Waals surface area (Å²) >= 11 is 0. The molecule has 1 N–H and O–H groups in total. The molecule has 0 aromatic carbocycles. The molecule has 0 aliphatic heterocycles. The van der Waals surface area contributed by atoms with Crippen molar-refractivity contribution >= 4 is 22.5 Å². The molecule has 26 heavy (non-hydrogen) atoms. The summed E-state index contributed by atoms with van der Waals surface area (Å²) in [5.74, 6) is 1.75. The number of fused-ring (bicyclic) bond motifs is 1. The Morgan fingerprint density at radius 1 is 1.04 bits per heavy atom. The second-order valence-electron chi connectivity index (χ2n) is 7.06. The zero-order valence-corrected chi connectivity index (χ0v) is 15.2. The number of carbonyl (C=O) groups excluding carboxylic acids is 1. The minimum atomic E-state index is 0.0908. The standard InChI is InChI=1S/C20H23N5O/c1-13-21-12-18(25(13)2)17-8-15-9-19(23-11-16(15)10-22-17)24-20(26)14-6-4-3-5-7-14/h8-12,14H,3-7H2,1-2H3,(H,23,24,26). The summed E-state index contributed by atoms with van der Waals surface area (Å²) in [4.78, 5) is 25.7. The molecule has 0 saturated heterocycles. The molecule has 0 radical (unpaired) electrons. The SMILES string of the molecule is Cc1ncc(-c2cc3cc(NC(=O)C4CCCCC4)ncc3cn2)n1C. The van der Waals surface area contributed by atoms with Gasteiger partial charge in [0, 0.05) is 30.7 Å². The lowest BCUT2D eigenvalue weighted by molar-refractivity contribution is -0.120. The lowest BCUT2D eigenvalue weighted by Crippen LogP contribution is -2.25. The van der Waals surface area contributed by atoms with E-state index >= 15 is 0 Å². The highest BCUT2D eigenvalue weighted by atomic mass is 16.1. The molecule has 6 heteroatoms. The Labute approximate surface area is 152 Å². The molecule has 1 fully saturated rings. The molecule has 4 rings (SSSR count). The van der Waals surface area contributed by atoms with Crippen LogP contribution in [-0.2, 0) is 11.8 Å². The van der Waals surface area contributed by atoms with Crippen LogP contribution in [0.25, 0.3) is 22.2 Å². The van der Waals surface area contributed by atoms with Crippen LogP contribution in [0.3, 0.4) is 0 Å². The number of hydrogen-bond donors (Lipinski definition) is 1. The van der Waals surface area contributed by atoms with Crippen molar-refractivity contribution in [3.63, 3.8) is 0 Å². The van der Waals surface area contributed by atoms with Gasteiger partial charge in [-0.3, -0.25) is 9.78 Å². The topological polar surface area (TPSA) is 72.7 Å². The fraction of sp³-hybridized carbons (Fsp3) is 0.400. The maximum absolute atomic E-state index is 12.5. The van der Waals surface area contributed by atoms with E-state index in [1.54, 1.807) is 6.20 Å². The van der Waals surface area contributed by atoms with Crippen LogP contribution in [0.2, 0.25) is 0 Å². The van der Waals surface area contributed by atoms with Crippen molar-refractivity contribution in [2.24, 2.45) is 13.0 Å². The lowest BCUT2D eigenvalue weighted by Gasteiger charge is -2.20. The summed E-state index contributed by atoms with van der Waals surface area (Å²) < 4.78 is 2.01. The predicted octanol–water partition coefficient (Wildman–Crippen LogP) is 3.86. The first kappa shape index (κ1) is 16.7. The van der Waals surface area contributed by atoms with Gasteiger partial charge < -0.3 is 9.88 Å². The van der Waals surface area contributed by atoms with Crippen molar-refractivity contribution in [3.8, 4) is 11.4 Å². The quantitative estimate of drug-likeness (QED) is 0.779. The first-order chi connectivity index (χ1) is 12.6. The van der Waals surface area contributed by atoms with Crippen LogP contribution in [0.4, 0.5) is 5.82 Å². The van der Waals surface area contributed by atoms with Crippen LogP contribution >= 0.6 is 0 Å². The number of rotatable bonds is 3. The molecule has 1 saturated carbocycles. The first-order valence-corrected chi connectivity index (χ1v) is 9.17. The molecular formula is C20H23N5O. The van der Waals surface area contributed by atoms with E-state index in [1.165, 1.54) is 6.42 Å². The van der Waals surface area contributed by atoms with E-state index in [1.807, 2.05) is 43.1 Å². The van der Waals surface area contributed by atoms with Crippen LogP contribution in [0.1, 0.15) is 37.9 Å². The Balaban J connectivity index is 1.61. The van der Waals surface area contributed by atoms with Crippen LogP contribution in [0.5, 0.6) is 0 Å². The van der Waals surface area contributed by atoms with Crippen molar-refractivity contribution in [2.75, 3.05) is 5.32 Å². The number of imidazole rings is 1. The summed E-state index contributed by atoms with van der Waals surface area (Å²) in [5.41, 5.74) is 1.82. The number of carbonyl (C=O) groups is 1. The maximum atomic E-state index is 12.5. The van der Waals surface area contributed by atoms with E-state index in [0.29, 0.717) is 5.82 Å². The van der Waals surface area contributed by atoms with E-state index < -0.39 is 0 Å². The molecule has 0 bridgehead atoms. The molecular weight excluding hydrogens is 326 g/mol. The second-order valence-corrected chi connectivity index (χ2v) is 7.06. The Hall–Kier alpha value is -2.76. The highest BCUT2D eigenvalue weighted by Crippen LogP contribution is 2.26. The fourth-order valence-corrected chi connectivity index (χ4v) is 3.58. The summed E-state index contributed by atoms with van der Waals surface area (Å²) in [6.45, 7) is 1.97. The highest BCUT2D eigenvalue weighted by molar-refractivity contribution is 5.94. The predicted molar refractivity (Wildman–Crippen MR) is 102 cm³/mol. The fourth-order valence-electron chi connectivity index (χ4n) is 3.58. The van der Waals surface area contributed by atoms with Gasteiger partial charge in [0.05, 0.1) is 17.6 Å². The van der Waals surface area contributed by atoms with Crippen LogP contribution < -0.4 is 5.32 Å². The van der Waals surface area contributed by atoms with Gasteiger partial charge in [0.2, 0.25) is 5.91 Å². The molecule has 0 unspecified atom stereocenters. The molecule has 134 valence electrons. The molecule has 0 atom stereocenters. The molecule has 1 amide bonds. The molecule has 3 heterocycles. The number of nitrogens with zero attached hydrogens (tertiary/aromatic N) is 4. The maximum Gasteiger partial charge on any atom is 0.228 e. The van der Waals surface area contributed by atoms with E-state index in [-0.39, 0.29) is 11.8 Å². The number of nitrogens with one attached hydrogen (secondary N) is 1. The summed E-state index contributed by atoms with van der Waals surface area (Å²) in [7, 11) is 1.98. The average molecular weight is 349 g/mol. The van der Waals surface area contributed by atoms with E-state index in [4.69, 9.17) is 0 Å². The lowest BCUT2D eigenvalue weighted by atomic mass is 9.89. The Bertz CT molecular complexity index is 956. The number of aryl methyl sites for hydroxylation is 1. The van der Waals surface area contributed by atoms with Crippen molar-refractivity contribution in [1.82, 2.24) is 19.5 Å². The van der Waals surface area contributed by atoms with Gasteiger partial charge in [-0.15, -0.1) is 0 Å². The second kappa shape index (κ2) is 6.86. The Morgan fingerprint density at radius 3 is 2.54 bits per heavy atom. The van der Waals surface area contributed by atoms with Crippen LogP contribution in [0, 0.1) is 12.8 Å². The van der Waals surface area contributed by atoms with Gasteiger partial charge in [-0.05, 0) is 37.3 Å². The van der Waals surface area contributed by atoms with Crippen LogP contribution in [0.15, 0.2) is 30.7 Å². The van der Waals surface area contributed by atoms with Crippen molar-refractivity contribution < 1.29 is 4.79 Å². The number of aromatic nitrogens is 4. The third-order valence-corrected chi connectivity index (χ3v) is 5.31. The zero-order valence-electron chi connectivity index (χ0n) is 15.2. The number of anilines is 1. The van der Waals surface area contributed by atoms with Crippen molar-refractivity contribution in [2.45, 2.75) is 39.0 Å². The van der Waals surface area contributed by atoms with E-state index in [9.17, 15) is 4.79 Å². The van der Waals surface area contributed by atoms with Crippen LogP contribution in [-0.4, -0.2) is 25.4 Å². The van der Waals surface area contributed by atoms with Gasteiger partial charge in [0.1, 0.15) is 11.6 Å². The highest BCUT2D eigenvalue weighted by Gasteiger charge is 2.21. The largest absolute Gasteiger partial charge is 0.330 e. The molecule has 6 nitrogen and oxygen atoms in total. The normalized spacial score (nSPS) is 15.3. The van der Waals surface area contributed by atoms with Gasteiger partial charge in [0.25, 0.3) is 0 Å². The number of pyridine rings is 2. The zero-order chi connectivity index (χ0) is 18.1. The average Bonchev–Trinajstić information content (AvgIpc) is 3.00. The number of amides is 1. The van der Waals surface area contributed by atoms with Crippen molar-refractivity contribution in [3.05, 3.63) is 36.5 Å². The third kappa shape index (κ3) is 3.19. The summed E-state index contributed by atoms with van der Waals surface area (Å²) in [6, 6.07) is 3.94. The van der Waals surface area contributed by atoms with E-state index in [2.05, 4.69) is 20.3 Å². The number of hydrogen-bond acceptors (Lipinski definition) is 4. The molecule has 1 aliphatic carbocycles. The molecule has 0 spiro atoms.